The third-order valence-corrected chi connectivity index (χ3v) is 9.89. The maximum atomic E-state index is 13.7. The van der Waals surface area contributed by atoms with Crippen LogP contribution in [0.3, 0.4) is 0 Å². The quantitative estimate of drug-likeness (QED) is 0.216. The number of carboxylic acids is 1. The first-order chi connectivity index (χ1) is 24.0. The molecule has 274 valence electrons. The second-order valence-electron chi connectivity index (χ2n) is 14.0. The molecule has 2 aromatic carbocycles. The highest BCUT2D eigenvalue weighted by Crippen LogP contribution is 2.44. The van der Waals surface area contributed by atoms with Crippen LogP contribution in [0.1, 0.15) is 102 Å². The van der Waals surface area contributed by atoms with Crippen molar-refractivity contribution >= 4 is 23.3 Å². The molecule has 0 unspecified atom stereocenters. The number of ether oxygens (including phenoxy) is 5. The molecule has 0 radical (unpaired) electrons. The van der Waals surface area contributed by atoms with Gasteiger partial charge in [0.15, 0.2) is 29.9 Å². The number of aliphatic carboxylic acids is 1. The van der Waals surface area contributed by atoms with E-state index in [1.165, 1.54) is 37.3 Å². The lowest BCUT2D eigenvalue weighted by Gasteiger charge is -2.42. The Labute approximate surface area is 293 Å². The van der Waals surface area contributed by atoms with Crippen LogP contribution in [0.4, 0.5) is 0 Å². The van der Waals surface area contributed by atoms with E-state index in [2.05, 4.69) is 0 Å². The van der Waals surface area contributed by atoms with E-state index in [0.717, 1.165) is 0 Å². The van der Waals surface area contributed by atoms with Gasteiger partial charge < -0.3 is 49.2 Å². The number of phenolic OH excluding ortho intramolecular Hbond substituents is 2. The number of aliphatic hydroxyl groups excluding tert-OH is 1. The van der Waals surface area contributed by atoms with Crippen molar-refractivity contribution in [2.24, 2.45) is 0 Å². The van der Waals surface area contributed by atoms with E-state index in [9.17, 15) is 39.6 Å². The van der Waals surface area contributed by atoms with Gasteiger partial charge >= 0.3 is 5.97 Å². The molecule has 0 aromatic heterocycles. The van der Waals surface area contributed by atoms with Gasteiger partial charge in [0.05, 0.1) is 53.7 Å². The first kappa shape index (κ1) is 36.8. The predicted molar refractivity (Wildman–Crippen MR) is 175 cm³/mol. The van der Waals surface area contributed by atoms with Gasteiger partial charge in [-0.25, -0.2) is 0 Å². The summed E-state index contributed by atoms with van der Waals surface area (Å²) in [5.74, 6) is -3.86. The molecule has 4 aliphatic rings. The number of rotatable bonds is 9. The molecule has 0 bridgehead atoms. The molecule has 14 nitrogen and oxygen atoms in total. The second-order valence-corrected chi connectivity index (χ2v) is 14.0. The molecule has 14 heteroatoms. The van der Waals surface area contributed by atoms with Crippen LogP contribution in [0.15, 0.2) is 36.4 Å². The Morgan fingerprint density at radius 1 is 0.902 bits per heavy atom. The number of carbonyl (C=O) groups excluding carboxylic acids is 3. The van der Waals surface area contributed by atoms with Crippen molar-refractivity contribution in [3.8, 4) is 11.5 Å². The maximum Gasteiger partial charge on any atom is 0.306 e. The van der Waals surface area contributed by atoms with Crippen LogP contribution in [-0.4, -0.2) is 104 Å². The Bertz CT molecular complexity index is 1750. The van der Waals surface area contributed by atoms with Crippen LogP contribution in [-0.2, 0) is 39.7 Å². The van der Waals surface area contributed by atoms with Gasteiger partial charge in [0.1, 0.15) is 23.7 Å². The average molecular weight is 711 g/mol. The molecular weight excluding hydrogens is 668 g/mol. The Morgan fingerprint density at radius 2 is 1.57 bits per heavy atom. The van der Waals surface area contributed by atoms with Crippen molar-refractivity contribution in [1.82, 2.24) is 0 Å². The monoisotopic (exact) mass is 710 g/mol. The molecule has 0 spiro atoms. The molecule has 10 atom stereocenters. The fourth-order valence-corrected chi connectivity index (χ4v) is 7.27. The number of aromatic hydroxyl groups is 2. The minimum atomic E-state index is -1.73. The summed E-state index contributed by atoms with van der Waals surface area (Å²) in [5.41, 5.74) is -2.34. The molecule has 2 fully saturated rings. The number of benzene rings is 2. The van der Waals surface area contributed by atoms with Crippen molar-refractivity contribution in [3.63, 3.8) is 0 Å². The minimum Gasteiger partial charge on any atom is -0.507 e. The summed E-state index contributed by atoms with van der Waals surface area (Å²) in [5, 5.41) is 53.2. The van der Waals surface area contributed by atoms with Gasteiger partial charge in [-0.1, -0.05) is 12.1 Å². The number of hydrogen-bond acceptors (Lipinski definition) is 13. The van der Waals surface area contributed by atoms with Crippen LogP contribution in [0.25, 0.3) is 0 Å². The van der Waals surface area contributed by atoms with Crippen molar-refractivity contribution < 1.29 is 68.4 Å². The first-order valence-corrected chi connectivity index (χ1v) is 17.0. The number of carbonyl (C=O) groups is 4. The normalized spacial score (nSPS) is 31.9. The number of hydrogen-bond donors (Lipinski definition) is 5. The zero-order valence-electron chi connectivity index (χ0n) is 28.6. The van der Waals surface area contributed by atoms with Gasteiger partial charge in [0.2, 0.25) is 0 Å². The number of phenols is 2. The van der Waals surface area contributed by atoms with E-state index >= 15 is 0 Å². The van der Waals surface area contributed by atoms with E-state index in [4.69, 9.17) is 28.8 Å². The molecule has 3 heterocycles. The largest absolute Gasteiger partial charge is 0.507 e. The topological polar surface area (TPSA) is 216 Å². The molecule has 3 aliphatic heterocycles. The highest BCUT2D eigenvalue weighted by Gasteiger charge is 2.43. The highest BCUT2D eigenvalue weighted by atomic mass is 16.7. The smallest absolute Gasteiger partial charge is 0.306 e. The number of carboxylic acid groups (broad SMARTS) is 1. The predicted octanol–water partition coefficient (Wildman–Crippen LogP) is 3.02. The number of fused-ring (bicyclic) bond motifs is 2. The van der Waals surface area contributed by atoms with Crippen molar-refractivity contribution in [2.45, 2.75) is 121 Å². The van der Waals surface area contributed by atoms with Gasteiger partial charge in [-0.3, -0.25) is 19.2 Å². The molecule has 2 aromatic rings. The summed E-state index contributed by atoms with van der Waals surface area (Å²) in [6.45, 7) is 6.50. The fraction of sp³-hybridized carbons (Fsp3) is 0.514. The van der Waals surface area contributed by atoms with Crippen molar-refractivity contribution in [1.29, 1.82) is 0 Å². The fourth-order valence-electron chi connectivity index (χ4n) is 7.27. The summed E-state index contributed by atoms with van der Waals surface area (Å²) >= 11 is 0. The summed E-state index contributed by atoms with van der Waals surface area (Å²) < 4.78 is 30.0. The Balaban J connectivity index is 1.12. The lowest BCUT2D eigenvalue weighted by atomic mass is 9.79. The van der Waals surface area contributed by atoms with Crippen LogP contribution in [0.5, 0.6) is 11.5 Å². The molecule has 6 rings (SSSR count). The lowest BCUT2D eigenvalue weighted by molar-refractivity contribution is -0.292. The van der Waals surface area contributed by atoms with E-state index in [1.54, 1.807) is 19.9 Å². The van der Waals surface area contributed by atoms with E-state index < -0.39 is 84.2 Å². The zero-order chi connectivity index (χ0) is 36.9. The van der Waals surface area contributed by atoms with Crippen molar-refractivity contribution in [3.05, 3.63) is 69.8 Å². The van der Waals surface area contributed by atoms with Gasteiger partial charge in [0.25, 0.3) is 0 Å². The Kier molecular flexibility index (Phi) is 10.2. The molecular formula is C37H42O14. The second kappa shape index (κ2) is 14.2. The summed E-state index contributed by atoms with van der Waals surface area (Å²) in [7, 11) is 0. The van der Waals surface area contributed by atoms with Gasteiger partial charge in [-0.05, 0) is 64.0 Å². The van der Waals surface area contributed by atoms with Crippen LogP contribution >= 0.6 is 0 Å². The first-order valence-electron chi connectivity index (χ1n) is 17.0. The molecule has 2 saturated heterocycles. The van der Waals surface area contributed by atoms with E-state index in [-0.39, 0.29) is 64.2 Å². The van der Waals surface area contributed by atoms with Gasteiger partial charge in [-0.15, -0.1) is 0 Å². The lowest BCUT2D eigenvalue weighted by Crippen LogP contribution is -2.50. The standard InChI is InChI=1S/C37H42O14/c1-16-23(38)9-11-28(48-16)50-25-10-12-29(49-17(25)2)51-36-18(3)47-26(13-24(36)39)20-7-8-22-31(33(20)43)35(45)21-6-5-19(32(42)30(21)34(22)44)14-37(4,46)15-27(40)41/h5-9,11,16-18,24-26,28-29,36,39,42-43,46H,10,12-15H2,1-4H3,(H,40,41)/t16-,17-,18-,24-,25-,26-,28-,29-,36+,37+/m0/s1. The molecule has 0 saturated carbocycles. The number of aliphatic hydroxyl groups is 2. The molecule has 0 amide bonds. The summed E-state index contributed by atoms with van der Waals surface area (Å²) in [4.78, 5) is 50.1. The summed E-state index contributed by atoms with van der Waals surface area (Å²) in [6, 6.07) is 5.42. The molecule has 1 aliphatic carbocycles. The maximum absolute atomic E-state index is 13.7. The van der Waals surface area contributed by atoms with Crippen LogP contribution in [0.2, 0.25) is 0 Å². The third kappa shape index (κ3) is 7.35. The Hall–Kier alpha value is -4.02. The van der Waals surface area contributed by atoms with Crippen molar-refractivity contribution in [2.75, 3.05) is 0 Å². The number of ketones is 3. The van der Waals surface area contributed by atoms with Gasteiger partial charge in [-0.2, -0.15) is 0 Å². The zero-order valence-corrected chi connectivity index (χ0v) is 28.6. The third-order valence-electron chi connectivity index (χ3n) is 9.89. The highest BCUT2D eigenvalue weighted by molar-refractivity contribution is 6.30. The minimum absolute atomic E-state index is 0.00321. The Morgan fingerprint density at radius 3 is 2.20 bits per heavy atom. The summed E-state index contributed by atoms with van der Waals surface area (Å²) in [6.07, 6.45) is -2.83. The average Bonchev–Trinajstić information content (AvgIpc) is 3.04. The van der Waals surface area contributed by atoms with Crippen LogP contribution < -0.4 is 0 Å². The SMILES string of the molecule is C[C@@H]1O[C@@H](O[C@H]2CC[C@H](O[C@@H]3[C@H](C)O[C@H](c4ccc5c(c4O)C(=O)c4ccc(C[C@@](C)(O)CC(=O)O)c(O)c4C5=O)C[C@@H]3O)O[C@H]2C)C=CC1=O. The molecule has 5 N–H and O–H groups in total. The molecule has 51 heavy (non-hydrogen) atoms. The van der Waals surface area contributed by atoms with E-state index in [0.29, 0.717) is 12.8 Å². The van der Waals surface area contributed by atoms with Gasteiger partial charge in [0, 0.05) is 36.0 Å². The van der Waals surface area contributed by atoms with Crippen LogP contribution in [0, 0.1) is 0 Å². The van der Waals surface area contributed by atoms with E-state index in [1.807, 2.05) is 6.92 Å².